The minimum atomic E-state index is -0.570. The molecule has 0 saturated carbocycles. The minimum absolute atomic E-state index is 0.140. The standard InChI is InChI=1S/C97H79BN2/c1-94(2,3)69-52-54-86-85(61-69)98-84-53-51-66(72-42-28-47-80-79-41-24-27-50-83(79)97(90(72)80)81-48-25-22-39-77(81)78-40-23-26-49-82(78)97)57-87(84)100(93-75(64-35-18-12-19-36-64)45-30-46-76(93)65-37-20-13-21-38-65)89-59-68(67-55-70(95(4,5)6)60-71(56-67)96(7,8)9)58-88(91(89)98)99(86)92-73(62-31-14-10-15-32-62)43-29-44-74(92)63-33-16-11-17-34-63/h10-61H,1-9H3. The third-order valence-electron chi connectivity index (χ3n) is 22.1. The number of anilines is 6. The zero-order valence-corrected chi connectivity index (χ0v) is 58.5. The van der Waals surface area contributed by atoms with Crippen molar-refractivity contribution in [3.05, 3.63) is 354 Å². The van der Waals surface area contributed by atoms with E-state index in [2.05, 4.69) is 388 Å². The lowest BCUT2D eigenvalue weighted by Crippen LogP contribution is -2.61. The maximum absolute atomic E-state index is 2.74. The molecule has 14 aromatic rings. The predicted molar refractivity (Wildman–Crippen MR) is 425 cm³/mol. The molecule has 1 spiro atoms. The fraction of sp³-hybridized carbons (Fsp3) is 0.134. The van der Waals surface area contributed by atoms with Gasteiger partial charge in [-0.3, -0.25) is 0 Å². The maximum Gasteiger partial charge on any atom is 0.252 e. The zero-order chi connectivity index (χ0) is 68.0. The quantitative estimate of drug-likeness (QED) is 0.140. The molecule has 0 amide bonds. The first-order valence-electron chi connectivity index (χ1n) is 35.7. The molecule has 0 atom stereocenters. The highest BCUT2D eigenvalue weighted by molar-refractivity contribution is 7.00. The number of para-hydroxylation sites is 2. The Hall–Kier alpha value is -11.3. The average molecular weight is 1280 g/mol. The van der Waals surface area contributed by atoms with Crippen LogP contribution < -0.4 is 26.2 Å². The first kappa shape index (κ1) is 61.1. The number of nitrogens with zero attached hydrogens (tertiary/aromatic N) is 2. The molecule has 0 aromatic heterocycles. The molecule has 0 bridgehead atoms. The third kappa shape index (κ3) is 9.45. The monoisotopic (exact) mass is 1280 g/mol. The molecule has 0 N–H and O–H groups in total. The first-order valence-corrected chi connectivity index (χ1v) is 35.7. The van der Waals surface area contributed by atoms with Crippen molar-refractivity contribution in [3.8, 4) is 89.0 Å². The zero-order valence-electron chi connectivity index (χ0n) is 58.5. The van der Waals surface area contributed by atoms with Crippen LogP contribution in [-0.2, 0) is 21.7 Å². The maximum atomic E-state index is 2.74. The van der Waals surface area contributed by atoms with Gasteiger partial charge in [-0.25, -0.2) is 0 Å². The summed E-state index contributed by atoms with van der Waals surface area (Å²) < 4.78 is 0. The van der Waals surface area contributed by atoms with Gasteiger partial charge in [-0.15, -0.1) is 0 Å². The van der Waals surface area contributed by atoms with Crippen molar-refractivity contribution in [2.24, 2.45) is 0 Å². The lowest BCUT2D eigenvalue weighted by atomic mass is 9.33. The van der Waals surface area contributed by atoms with Crippen molar-refractivity contribution >= 4 is 57.2 Å². The summed E-state index contributed by atoms with van der Waals surface area (Å²) in [6, 6.07) is 121. The molecule has 2 heterocycles. The molecule has 0 radical (unpaired) electrons. The minimum Gasteiger partial charge on any atom is -0.310 e. The number of hydrogen-bond donors (Lipinski definition) is 0. The summed E-state index contributed by atoms with van der Waals surface area (Å²) >= 11 is 0. The molecule has 0 saturated heterocycles. The topological polar surface area (TPSA) is 6.48 Å². The number of rotatable bonds is 8. The molecule has 2 aliphatic carbocycles. The summed E-state index contributed by atoms with van der Waals surface area (Å²) in [5.74, 6) is 0. The van der Waals surface area contributed by atoms with Gasteiger partial charge in [0, 0.05) is 45.0 Å². The molecular formula is C97H79BN2. The highest BCUT2D eigenvalue weighted by Gasteiger charge is 2.53. The van der Waals surface area contributed by atoms with Crippen LogP contribution in [-0.4, -0.2) is 6.71 Å². The summed E-state index contributed by atoms with van der Waals surface area (Å²) in [5.41, 5.74) is 38.1. The smallest absolute Gasteiger partial charge is 0.252 e. The van der Waals surface area contributed by atoms with Crippen molar-refractivity contribution in [2.75, 3.05) is 9.80 Å². The Morgan fingerprint density at radius 1 is 0.240 bits per heavy atom. The van der Waals surface area contributed by atoms with E-state index in [1.54, 1.807) is 0 Å². The molecular weight excluding hydrogens is 1200 g/mol. The molecule has 100 heavy (non-hydrogen) atoms. The molecule has 2 nitrogen and oxygen atoms in total. The largest absolute Gasteiger partial charge is 0.310 e. The molecule has 14 aromatic carbocycles. The van der Waals surface area contributed by atoms with Gasteiger partial charge in [0.25, 0.3) is 6.71 Å². The van der Waals surface area contributed by atoms with Gasteiger partial charge in [-0.2, -0.15) is 0 Å². The van der Waals surface area contributed by atoms with Gasteiger partial charge in [0.2, 0.25) is 0 Å². The van der Waals surface area contributed by atoms with E-state index in [-0.39, 0.29) is 23.0 Å². The molecule has 0 fully saturated rings. The van der Waals surface area contributed by atoms with E-state index in [1.165, 1.54) is 100.0 Å². The van der Waals surface area contributed by atoms with Gasteiger partial charge in [0.05, 0.1) is 16.8 Å². The summed E-state index contributed by atoms with van der Waals surface area (Å²) in [5, 5.41) is 0. The van der Waals surface area contributed by atoms with E-state index in [9.17, 15) is 0 Å². The lowest BCUT2D eigenvalue weighted by molar-refractivity contribution is 0.569. The average Bonchev–Trinajstić information content (AvgIpc) is 1.23. The molecule has 480 valence electrons. The summed E-state index contributed by atoms with van der Waals surface area (Å²) in [6.45, 7) is 21.1. The first-order chi connectivity index (χ1) is 48.5. The van der Waals surface area contributed by atoms with Gasteiger partial charge in [-0.1, -0.05) is 353 Å². The lowest BCUT2D eigenvalue weighted by Gasteiger charge is -2.46. The van der Waals surface area contributed by atoms with Gasteiger partial charge < -0.3 is 9.80 Å². The van der Waals surface area contributed by atoms with Crippen LogP contribution in [0.1, 0.15) is 101 Å². The van der Waals surface area contributed by atoms with Crippen LogP contribution in [0.5, 0.6) is 0 Å². The van der Waals surface area contributed by atoms with Crippen molar-refractivity contribution in [2.45, 2.75) is 84.0 Å². The van der Waals surface area contributed by atoms with Gasteiger partial charge >= 0.3 is 0 Å². The van der Waals surface area contributed by atoms with Crippen molar-refractivity contribution in [3.63, 3.8) is 0 Å². The predicted octanol–water partition coefficient (Wildman–Crippen LogP) is 24.0. The van der Waals surface area contributed by atoms with Crippen molar-refractivity contribution in [1.82, 2.24) is 0 Å². The van der Waals surface area contributed by atoms with Gasteiger partial charge in [0.15, 0.2) is 0 Å². The fourth-order valence-corrected chi connectivity index (χ4v) is 17.3. The number of benzene rings is 14. The Morgan fingerprint density at radius 2 is 0.600 bits per heavy atom. The second kappa shape index (κ2) is 22.9. The molecule has 18 rings (SSSR count). The Bertz CT molecular complexity index is 5400. The van der Waals surface area contributed by atoms with Crippen molar-refractivity contribution in [1.29, 1.82) is 0 Å². The van der Waals surface area contributed by atoms with E-state index in [0.717, 1.165) is 78.5 Å². The molecule has 4 aliphatic rings. The summed E-state index contributed by atoms with van der Waals surface area (Å²) in [7, 11) is 0. The normalized spacial score (nSPS) is 13.7. The Labute approximate surface area is 590 Å². The number of hydrogen-bond acceptors (Lipinski definition) is 2. The Balaban J connectivity index is 1.02. The number of fused-ring (bicyclic) bond motifs is 14. The molecule has 2 aliphatic heterocycles. The molecule has 3 heteroatoms. The van der Waals surface area contributed by atoms with Crippen LogP contribution in [0.15, 0.2) is 315 Å². The van der Waals surface area contributed by atoms with Crippen LogP contribution in [0.3, 0.4) is 0 Å². The third-order valence-corrected chi connectivity index (χ3v) is 22.1. The Kier molecular flexibility index (Phi) is 14.0. The summed E-state index contributed by atoms with van der Waals surface area (Å²) in [6.07, 6.45) is 0. The van der Waals surface area contributed by atoms with Crippen LogP contribution in [0.2, 0.25) is 0 Å². The van der Waals surface area contributed by atoms with Crippen LogP contribution in [0.25, 0.3) is 89.0 Å². The second-order valence-corrected chi connectivity index (χ2v) is 31.1. The highest BCUT2D eigenvalue weighted by atomic mass is 15.2. The second-order valence-electron chi connectivity index (χ2n) is 31.1. The van der Waals surface area contributed by atoms with Gasteiger partial charge in [-0.05, 0) is 163 Å². The van der Waals surface area contributed by atoms with E-state index in [4.69, 9.17) is 0 Å². The SMILES string of the molecule is CC(C)(C)c1cc(-c2cc3c4c(c2)N(c2c(-c5ccccc5)cccc2-c2ccccc2)c2cc(-c5cccc6c5C5(c7ccccc7-c7ccccc75)c5ccccc5-6)ccc2B4c2cc(C(C)(C)C)ccc2N3c2c(-c3ccccc3)cccc2-c2ccccc2)cc(C(C)(C)C)c1. The van der Waals surface area contributed by atoms with E-state index in [0.29, 0.717) is 0 Å². The van der Waals surface area contributed by atoms with E-state index < -0.39 is 5.41 Å². The van der Waals surface area contributed by atoms with E-state index >= 15 is 0 Å². The highest BCUT2D eigenvalue weighted by Crippen LogP contribution is 2.65. The van der Waals surface area contributed by atoms with Crippen LogP contribution in [0.4, 0.5) is 34.1 Å². The van der Waals surface area contributed by atoms with Crippen molar-refractivity contribution < 1.29 is 0 Å². The summed E-state index contributed by atoms with van der Waals surface area (Å²) in [4.78, 5) is 5.44. The van der Waals surface area contributed by atoms with E-state index in [1.807, 2.05) is 0 Å². The molecule has 0 unspecified atom stereocenters. The van der Waals surface area contributed by atoms with Crippen LogP contribution in [0, 0.1) is 0 Å². The van der Waals surface area contributed by atoms with Gasteiger partial charge in [0.1, 0.15) is 0 Å². The Morgan fingerprint density at radius 3 is 1.04 bits per heavy atom. The fourth-order valence-electron chi connectivity index (χ4n) is 17.3. The van der Waals surface area contributed by atoms with Crippen LogP contribution >= 0.6 is 0 Å².